The third kappa shape index (κ3) is 5.25. The van der Waals surface area contributed by atoms with E-state index in [9.17, 15) is 9.59 Å². The number of anilines is 2. The van der Waals surface area contributed by atoms with Crippen molar-refractivity contribution in [3.05, 3.63) is 24.3 Å². The average molecular weight is 319 g/mol. The van der Waals surface area contributed by atoms with E-state index in [0.717, 1.165) is 18.8 Å². The number of methoxy groups -OCH3 is 1. The number of ether oxygens (including phenoxy) is 1. The first-order valence-electron chi connectivity index (χ1n) is 7.99. The predicted molar refractivity (Wildman–Crippen MR) is 90.6 cm³/mol. The molecule has 0 aliphatic carbocycles. The monoisotopic (exact) mass is 319 g/mol. The van der Waals surface area contributed by atoms with Crippen molar-refractivity contribution in [1.82, 2.24) is 4.90 Å². The molecule has 0 spiro atoms. The van der Waals surface area contributed by atoms with Crippen LogP contribution in [-0.2, 0) is 14.3 Å². The van der Waals surface area contributed by atoms with Gasteiger partial charge in [0.1, 0.15) is 0 Å². The van der Waals surface area contributed by atoms with E-state index < -0.39 is 0 Å². The molecule has 0 saturated carbocycles. The minimum Gasteiger partial charge on any atom is -0.383 e. The van der Waals surface area contributed by atoms with Crippen LogP contribution in [-0.4, -0.2) is 56.6 Å². The zero-order valence-corrected chi connectivity index (χ0v) is 13.9. The number of benzene rings is 1. The van der Waals surface area contributed by atoms with E-state index in [2.05, 4.69) is 10.2 Å². The summed E-state index contributed by atoms with van der Waals surface area (Å²) in [5, 5.41) is 2.83. The Bertz CT molecular complexity index is 524. The van der Waals surface area contributed by atoms with Gasteiger partial charge in [-0.1, -0.05) is 0 Å². The summed E-state index contributed by atoms with van der Waals surface area (Å²) in [4.78, 5) is 27.4. The molecule has 6 nitrogen and oxygen atoms in total. The molecule has 23 heavy (non-hydrogen) atoms. The van der Waals surface area contributed by atoms with Crippen molar-refractivity contribution in [3.8, 4) is 0 Å². The van der Waals surface area contributed by atoms with E-state index in [1.54, 1.807) is 7.11 Å². The Hall–Kier alpha value is -2.08. The van der Waals surface area contributed by atoms with Crippen LogP contribution in [0.25, 0.3) is 0 Å². The Labute approximate surface area is 137 Å². The van der Waals surface area contributed by atoms with Crippen LogP contribution in [0.5, 0.6) is 0 Å². The quantitative estimate of drug-likeness (QED) is 0.831. The predicted octanol–water partition coefficient (Wildman–Crippen LogP) is 1.72. The number of hydrogen-bond acceptors (Lipinski definition) is 4. The summed E-state index contributed by atoms with van der Waals surface area (Å²) in [7, 11) is 1.57. The topological polar surface area (TPSA) is 61.9 Å². The van der Waals surface area contributed by atoms with Crippen LogP contribution in [0.1, 0.15) is 19.8 Å². The molecule has 0 radical (unpaired) electrons. The number of nitrogens with zero attached hydrogens (tertiary/aromatic N) is 2. The number of carbonyl (C=O) groups excluding carboxylic acids is 2. The molecule has 126 valence electrons. The molecule has 0 atom stereocenters. The van der Waals surface area contributed by atoms with Gasteiger partial charge in [0.15, 0.2) is 0 Å². The van der Waals surface area contributed by atoms with Gasteiger partial charge in [-0.05, 0) is 37.1 Å². The number of rotatable bonds is 7. The second kappa shape index (κ2) is 8.53. The van der Waals surface area contributed by atoms with Crippen molar-refractivity contribution in [2.45, 2.75) is 19.8 Å². The molecular formula is C17H25N3O3. The van der Waals surface area contributed by atoms with Gasteiger partial charge < -0.3 is 19.9 Å². The van der Waals surface area contributed by atoms with Crippen LogP contribution in [0.3, 0.4) is 0 Å². The number of amides is 2. The first-order chi connectivity index (χ1) is 11.1. The summed E-state index contributed by atoms with van der Waals surface area (Å²) in [5.41, 5.74) is 1.93. The Balaban J connectivity index is 1.87. The van der Waals surface area contributed by atoms with Gasteiger partial charge in [-0.25, -0.2) is 0 Å². The van der Waals surface area contributed by atoms with Gasteiger partial charge in [0.25, 0.3) is 0 Å². The van der Waals surface area contributed by atoms with Crippen molar-refractivity contribution in [1.29, 1.82) is 0 Å². The lowest BCUT2D eigenvalue weighted by molar-refractivity contribution is -0.133. The maximum absolute atomic E-state index is 12.1. The fourth-order valence-electron chi connectivity index (χ4n) is 2.65. The number of carbonyl (C=O) groups is 2. The summed E-state index contributed by atoms with van der Waals surface area (Å²) < 4.78 is 4.95. The number of nitrogens with one attached hydrogen (secondary N) is 1. The molecule has 2 amide bonds. The first-order valence-corrected chi connectivity index (χ1v) is 7.99. The lowest BCUT2D eigenvalue weighted by Gasteiger charge is -2.20. The second-order valence-electron chi connectivity index (χ2n) is 5.72. The lowest BCUT2D eigenvalue weighted by Crippen LogP contribution is -2.38. The Morgan fingerprint density at radius 3 is 2.43 bits per heavy atom. The summed E-state index contributed by atoms with van der Waals surface area (Å²) in [6, 6.07) is 7.85. The van der Waals surface area contributed by atoms with Gasteiger partial charge in [0.2, 0.25) is 11.8 Å². The summed E-state index contributed by atoms with van der Waals surface area (Å²) in [6.45, 7) is 4.50. The van der Waals surface area contributed by atoms with Gasteiger partial charge in [-0.2, -0.15) is 0 Å². The fourth-order valence-corrected chi connectivity index (χ4v) is 2.65. The third-order valence-corrected chi connectivity index (χ3v) is 3.97. The van der Waals surface area contributed by atoms with Crippen molar-refractivity contribution in [2.24, 2.45) is 0 Å². The van der Waals surface area contributed by atoms with Crippen LogP contribution >= 0.6 is 0 Å². The summed E-state index contributed by atoms with van der Waals surface area (Å²) in [5.74, 6) is -0.341. The minimum atomic E-state index is -0.203. The van der Waals surface area contributed by atoms with Crippen molar-refractivity contribution >= 4 is 23.2 Å². The second-order valence-corrected chi connectivity index (χ2v) is 5.72. The largest absolute Gasteiger partial charge is 0.383 e. The number of hydrogen-bond donors (Lipinski definition) is 1. The van der Waals surface area contributed by atoms with E-state index >= 15 is 0 Å². The molecule has 0 unspecified atom stereocenters. The van der Waals surface area contributed by atoms with Crippen LogP contribution in [0.2, 0.25) is 0 Å². The highest BCUT2D eigenvalue weighted by Crippen LogP contribution is 2.21. The Morgan fingerprint density at radius 1 is 1.22 bits per heavy atom. The van der Waals surface area contributed by atoms with Crippen LogP contribution in [0.4, 0.5) is 11.4 Å². The molecule has 6 heteroatoms. The molecule has 0 bridgehead atoms. The van der Waals surface area contributed by atoms with E-state index in [1.807, 2.05) is 24.3 Å². The average Bonchev–Trinajstić information content (AvgIpc) is 3.06. The van der Waals surface area contributed by atoms with Gasteiger partial charge >= 0.3 is 0 Å². The molecule has 1 aromatic carbocycles. The fraction of sp³-hybridized carbons (Fsp3) is 0.529. The molecule has 1 aromatic rings. The molecule has 1 aliphatic rings. The smallest absolute Gasteiger partial charge is 0.243 e. The van der Waals surface area contributed by atoms with Gasteiger partial charge in [-0.15, -0.1) is 0 Å². The molecule has 2 rings (SSSR count). The molecule has 1 heterocycles. The van der Waals surface area contributed by atoms with Crippen LogP contribution in [0, 0.1) is 0 Å². The standard InChI is InChI=1S/C17H25N3O3/c1-14(21)20(11-12-23-2)13-17(22)18-15-5-7-16(8-6-15)19-9-3-4-10-19/h5-8H,3-4,9-13H2,1-2H3,(H,18,22). The first kappa shape index (κ1) is 17.3. The lowest BCUT2D eigenvalue weighted by atomic mass is 10.2. The van der Waals surface area contributed by atoms with Crippen LogP contribution in [0.15, 0.2) is 24.3 Å². The van der Waals surface area contributed by atoms with E-state index in [-0.39, 0.29) is 18.4 Å². The highest BCUT2D eigenvalue weighted by molar-refractivity contribution is 5.94. The minimum absolute atomic E-state index is 0.0343. The maximum atomic E-state index is 12.1. The highest BCUT2D eigenvalue weighted by atomic mass is 16.5. The highest BCUT2D eigenvalue weighted by Gasteiger charge is 2.14. The zero-order chi connectivity index (χ0) is 16.7. The zero-order valence-electron chi connectivity index (χ0n) is 13.9. The van der Waals surface area contributed by atoms with E-state index in [4.69, 9.17) is 4.74 Å². The molecule has 0 aromatic heterocycles. The summed E-state index contributed by atoms with van der Waals surface area (Å²) >= 11 is 0. The van der Waals surface area contributed by atoms with Crippen molar-refractivity contribution < 1.29 is 14.3 Å². The third-order valence-electron chi connectivity index (χ3n) is 3.97. The van der Waals surface area contributed by atoms with Gasteiger partial charge in [0, 0.05) is 45.0 Å². The normalized spacial score (nSPS) is 13.9. The molecule has 1 aliphatic heterocycles. The maximum Gasteiger partial charge on any atom is 0.243 e. The summed E-state index contributed by atoms with van der Waals surface area (Å²) in [6.07, 6.45) is 2.47. The Kier molecular flexibility index (Phi) is 6.40. The van der Waals surface area contributed by atoms with E-state index in [0.29, 0.717) is 13.2 Å². The van der Waals surface area contributed by atoms with Gasteiger partial charge in [0.05, 0.1) is 13.2 Å². The SMILES string of the molecule is COCCN(CC(=O)Nc1ccc(N2CCCC2)cc1)C(C)=O. The molecule has 1 fully saturated rings. The van der Waals surface area contributed by atoms with E-state index in [1.165, 1.54) is 30.4 Å². The Morgan fingerprint density at radius 2 is 1.87 bits per heavy atom. The molecule has 1 saturated heterocycles. The van der Waals surface area contributed by atoms with Crippen molar-refractivity contribution in [2.75, 3.05) is 50.1 Å². The van der Waals surface area contributed by atoms with Gasteiger partial charge in [-0.3, -0.25) is 9.59 Å². The molecule has 1 N–H and O–H groups in total. The van der Waals surface area contributed by atoms with Crippen molar-refractivity contribution in [3.63, 3.8) is 0 Å². The molecular weight excluding hydrogens is 294 g/mol. The van der Waals surface area contributed by atoms with Crippen LogP contribution < -0.4 is 10.2 Å².